The second kappa shape index (κ2) is 4.60. The molecule has 0 aromatic carbocycles. The third-order valence-corrected chi connectivity index (χ3v) is 4.12. The third-order valence-electron chi connectivity index (χ3n) is 4.12. The van der Waals surface area contributed by atoms with Gasteiger partial charge in [0.1, 0.15) is 0 Å². The highest BCUT2D eigenvalue weighted by Crippen LogP contribution is 2.32. The maximum atomic E-state index is 8.67. The lowest BCUT2D eigenvalue weighted by atomic mass is 9.84. The molecule has 2 saturated heterocycles. The Bertz CT molecular complexity index is 283. The van der Waals surface area contributed by atoms with Gasteiger partial charge in [-0.05, 0) is 24.7 Å². The maximum Gasteiger partial charge on any atom is 0.176 e. The van der Waals surface area contributed by atoms with Crippen LogP contribution in [0.4, 0.5) is 0 Å². The Kier molecular flexibility index (Phi) is 3.36. The molecule has 4 unspecified atom stereocenters. The van der Waals surface area contributed by atoms with Crippen molar-refractivity contribution in [2.24, 2.45) is 11.8 Å². The molecule has 0 saturated carbocycles. The van der Waals surface area contributed by atoms with Gasteiger partial charge in [-0.15, -0.1) is 0 Å². The van der Waals surface area contributed by atoms with E-state index in [9.17, 15) is 0 Å². The van der Waals surface area contributed by atoms with Crippen molar-refractivity contribution in [3.05, 3.63) is 0 Å². The van der Waals surface area contributed by atoms with Crippen molar-refractivity contribution in [3.8, 4) is 6.19 Å². The third kappa shape index (κ3) is 2.02. The molecule has 2 rings (SSSR count). The smallest absolute Gasteiger partial charge is 0.176 e. The first-order valence-corrected chi connectivity index (χ1v) is 6.31. The summed E-state index contributed by atoms with van der Waals surface area (Å²) in [5.74, 6) is 1.34. The first kappa shape index (κ1) is 11.7. The van der Waals surface area contributed by atoms with Crippen LogP contribution in [0.15, 0.2) is 0 Å². The van der Waals surface area contributed by atoms with Crippen LogP contribution in [-0.2, 0) is 0 Å². The Labute approximate surface area is 98.0 Å². The molecule has 2 fully saturated rings. The molecule has 4 atom stereocenters. The van der Waals surface area contributed by atoms with Gasteiger partial charge < -0.3 is 5.32 Å². The number of nitriles is 1. The molecule has 0 spiro atoms. The van der Waals surface area contributed by atoms with Crippen molar-refractivity contribution in [2.45, 2.75) is 51.7 Å². The molecule has 0 aromatic rings. The molecule has 0 radical (unpaired) electrons. The molecule has 90 valence electrons. The van der Waals surface area contributed by atoms with Crippen LogP contribution in [-0.4, -0.2) is 29.7 Å². The molecule has 2 aliphatic rings. The van der Waals surface area contributed by atoms with Gasteiger partial charge >= 0.3 is 0 Å². The lowest BCUT2D eigenvalue weighted by Crippen LogP contribution is -2.49. The van der Waals surface area contributed by atoms with Crippen molar-refractivity contribution < 1.29 is 0 Å². The minimum atomic E-state index is 0.376. The van der Waals surface area contributed by atoms with Crippen LogP contribution in [0.5, 0.6) is 0 Å². The van der Waals surface area contributed by atoms with Crippen LogP contribution in [0.2, 0.25) is 0 Å². The van der Waals surface area contributed by atoms with Crippen molar-refractivity contribution in [1.82, 2.24) is 15.8 Å². The molecule has 2 aliphatic heterocycles. The van der Waals surface area contributed by atoms with E-state index in [0.717, 1.165) is 19.4 Å². The fraction of sp³-hybridized carbons (Fsp3) is 0.917. The molecule has 4 heteroatoms. The number of hydrogen-bond donors (Lipinski definition) is 2. The predicted molar refractivity (Wildman–Crippen MR) is 63.2 cm³/mol. The summed E-state index contributed by atoms with van der Waals surface area (Å²) >= 11 is 0. The van der Waals surface area contributed by atoms with Crippen LogP contribution < -0.4 is 10.7 Å². The minimum absolute atomic E-state index is 0.376. The number of hydrazine groups is 1. The molecule has 4 nitrogen and oxygen atoms in total. The standard InChI is InChI=1S/C12H22N4/c1-8(2)12-9(3)11-6-10(14-7-13)4-5-16(11)15-12/h8-12,14-15H,4-6H2,1-3H3. The highest BCUT2D eigenvalue weighted by atomic mass is 15.6. The summed E-state index contributed by atoms with van der Waals surface area (Å²) in [6.07, 6.45) is 4.23. The first-order chi connectivity index (χ1) is 7.63. The normalized spacial score (nSPS) is 39.4. The van der Waals surface area contributed by atoms with Crippen LogP contribution >= 0.6 is 0 Å². The van der Waals surface area contributed by atoms with E-state index >= 15 is 0 Å². The van der Waals surface area contributed by atoms with Gasteiger partial charge in [0.05, 0.1) is 0 Å². The Balaban J connectivity index is 2.00. The van der Waals surface area contributed by atoms with Crippen molar-refractivity contribution in [2.75, 3.05) is 6.54 Å². The summed E-state index contributed by atoms with van der Waals surface area (Å²) in [7, 11) is 0. The number of fused-ring (bicyclic) bond motifs is 1. The minimum Gasteiger partial charge on any atom is -0.321 e. The summed E-state index contributed by atoms with van der Waals surface area (Å²) in [4.78, 5) is 0. The van der Waals surface area contributed by atoms with Crippen LogP contribution in [0.3, 0.4) is 0 Å². The van der Waals surface area contributed by atoms with Crippen molar-refractivity contribution >= 4 is 0 Å². The molecular weight excluding hydrogens is 200 g/mol. The average molecular weight is 222 g/mol. The van der Waals surface area contributed by atoms with E-state index in [1.54, 1.807) is 0 Å². The van der Waals surface area contributed by atoms with Gasteiger partial charge in [-0.3, -0.25) is 5.43 Å². The molecule has 0 aliphatic carbocycles. The zero-order chi connectivity index (χ0) is 11.7. The zero-order valence-corrected chi connectivity index (χ0v) is 10.4. The molecule has 2 N–H and O–H groups in total. The summed E-state index contributed by atoms with van der Waals surface area (Å²) in [5.41, 5.74) is 3.63. The fourth-order valence-corrected chi connectivity index (χ4v) is 3.18. The summed E-state index contributed by atoms with van der Waals surface area (Å²) in [5, 5.41) is 14.0. The number of nitrogens with zero attached hydrogens (tertiary/aromatic N) is 2. The van der Waals surface area contributed by atoms with Gasteiger partial charge in [0.25, 0.3) is 0 Å². The van der Waals surface area contributed by atoms with Gasteiger partial charge in [0.2, 0.25) is 0 Å². The van der Waals surface area contributed by atoms with E-state index in [1.807, 2.05) is 0 Å². The monoisotopic (exact) mass is 222 g/mol. The quantitative estimate of drug-likeness (QED) is 0.542. The van der Waals surface area contributed by atoms with E-state index in [-0.39, 0.29) is 0 Å². The van der Waals surface area contributed by atoms with E-state index in [0.29, 0.717) is 30.0 Å². The second-order valence-corrected chi connectivity index (χ2v) is 5.50. The van der Waals surface area contributed by atoms with Crippen LogP contribution in [0.1, 0.15) is 33.6 Å². The second-order valence-electron chi connectivity index (χ2n) is 5.50. The highest BCUT2D eigenvalue weighted by molar-refractivity contribution is 4.98. The van der Waals surface area contributed by atoms with Crippen molar-refractivity contribution in [1.29, 1.82) is 5.26 Å². The van der Waals surface area contributed by atoms with Crippen LogP contribution in [0.25, 0.3) is 0 Å². The molecular formula is C12H22N4. The van der Waals surface area contributed by atoms with Gasteiger partial charge in [-0.25, -0.2) is 5.01 Å². The Morgan fingerprint density at radius 3 is 2.88 bits per heavy atom. The molecule has 0 bridgehead atoms. The van der Waals surface area contributed by atoms with E-state index in [4.69, 9.17) is 5.26 Å². The molecule has 0 aromatic heterocycles. The molecule has 0 amide bonds. The fourth-order valence-electron chi connectivity index (χ4n) is 3.18. The average Bonchev–Trinajstić information content (AvgIpc) is 2.57. The van der Waals surface area contributed by atoms with Crippen LogP contribution in [0, 0.1) is 23.3 Å². The Morgan fingerprint density at radius 1 is 1.50 bits per heavy atom. The van der Waals surface area contributed by atoms with E-state index < -0.39 is 0 Å². The topological polar surface area (TPSA) is 51.1 Å². The summed E-state index contributed by atoms with van der Waals surface area (Å²) in [6.45, 7) is 7.93. The van der Waals surface area contributed by atoms with Gasteiger partial charge in [0.15, 0.2) is 6.19 Å². The lowest BCUT2D eigenvalue weighted by molar-refractivity contribution is 0.110. The number of piperidine rings is 1. The van der Waals surface area contributed by atoms with Gasteiger partial charge in [-0.2, -0.15) is 5.26 Å². The Morgan fingerprint density at radius 2 is 2.25 bits per heavy atom. The first-order valence-electron chi connectivity index (χ1n) is 6.31. The summed E-state index contributed by atoms with van der Waals surface area (Å²) < 4.78 is 0. The molecule has 2 heterocycles. The van der Waals surface area contributed by atoms with Crippen molar-refractivity contribution in [3.63, 3.8) is 0 Å². The summed E-state index contributed by atoms with van der Waals surface area (Å²) in [6, 6.07) is 1.55. The Hall–Kier alpha value is -0.790. The largest absolute Gasteiger partial charge is 0.321 e. The number of nitrogens with one attached hydrogen (secondary N) is 2. The number of rotatable bonds is 2. The molecule has 16 heavy (non-hydrogen) atoms. The highest BCUT2D eigenvalue weighted by Gasteiger charge is 2.42. The number of hydrogen-bond acceptors (Lipinski definition) is 4. The zero-order valence-electron chi connectivity index (χ0n) is 10.4. The SMILES string of the molecule is CC(C)C1NN2CCC(NC#N)CC2C1C. The maximum absolute atomic E-state index is 8.67. The predicted octanol–water partition coefficient (Wildman–Crippen LogP) is 1.07. The lowest BCUT2D eigenvalue weighted by Gasteiger charge is -2.34. The van der Waals surface area contributed by atoms with E-state index in [1.165, 1.54) is 0 Å². The van der Waals surface area contributed by atoms with Gasteiger partial charge in [0, 0.05) is 24.7 Å². The van der Waals surface area contributed by atoms with E-state index in [2.05, 4.69) is 42.7 Å². The van der Waals surface area contributed by atoms with Gasteiger partial charge in [-0.1, -0.05) is 20.8 Å².